The molecular formula is C20H19ClN4O4S. The summed E-state index contributed by atoms with van der Waals surface area (Å²) in [5.74, 6) is 0.471. The molecule has 10 heteroatoms. The van der Waals surface area contributed by atoms with Crippen molar-refractivity contribution in [1.29, 1.82) is 0 Å². The molecule has 4 rings (SSSR count). The average molecular weight is 447 g/mol. The van der Waals surface area contributed by atoms with Crippen LogP contribution in [0.25, 0.3) is 11.4 Å². The van der Waals surface area contributed by atoms with E-state index in [0.717, 1.165) is 15.6 Å². The Kier molecular flexibility index (Phi) is 5.35. The second-order valence-corrected chi connectivity index (χ2v) is 9.47. The van der Waals surface area contributed by atoms with Crippen LogP contribution in [0.15, 0.2) is 51.9 Å². The minimum absolute atomic E-state index is 0.0608. The molecule has 3 aromatic rings. The number of aromatic nitrogens is 2. The van der Waals surface area contributed by atoms with Gasteiger partial charge in [-0.15, -0.1) is 0 Å². The Morgan fingerprint density at radius 2 is 1.97 bits per heavy atom. The number of hydrogen-bond acceptors (Lipinski definition) is 6. The molecule has 156 valence electrons. The maximum atomic E-state index is 13.0. The van der Waals surface area contributed by atoms with Crippen LogP contribution in [0.3, 0.4) is 0 Å². The molecule has 0 saturated heterocycles. The highest BCUT2D eigenvalue weighted by Crippen LogP contribution is 2.31. The van der Waals surface area contributed by atoms with Crippen molar-refractivity contribution in [2.45, 2.75) is 24.8 Å². The number of benzene rings is 2. The lowest BCUT2D eigenvalue weighted by Gasteiger charge is -2.17. The first kappa shape index (κ1) is 20.5. The first-order valence-electron chi connectivity index (χ1n) is 9.21. The van der Waals surface area contributed by atoms with Gasteiger partial charge in [0.1, 0.15) is 0 Å². The summed E-state index contributed by atoms with van der Waals surface area (Å²) in [5, 5.41) is 4.50. The van der Waals surface area contributed by atoms with Gasteiger partial charge in [0.25, 0.3) is 0 Å². The topological polar surface area (TPSA) is 96.6 Å². The van der Waals surface area contributed by atoms with Crippen molar-refractivity contribution >= 4 is 33.2 Å². The molecule has 8 nitrogen and oxygen atoms in total. The number of halogens is 1. The second kappa shape index (κ2) is 7.82. The van der Waals surface area contributed by atoms with E-state index in [0.29, 0.717) is 29.4 Å². The number of fused-ring (bicyclic) bond motifs is 1. The molecule has 1 aliphatic heterocycles. The summed E-state index contributed by atoms with van der Waals surface area (Å²) in [7, 11) is -2.32. The van der Waals surface area contributed by atoms with Crippen molar-refractivity contribution in [3.63, 3.8) is 0 Å². The zero-order valence-electron chi connectivity index (χ0n) is 16.4. The predicted octanol–water partition coefficient (Wildman–Crippen LogP) is 3.12. The SMILES string of the molecule is CC(=O)N1CCc2cc(S(=O)(=O)N(C)Cc3nc(-c4ccc(Cl)cc4)no3)ccc21. The number of nitrogens with zero attached hydrogens (tertiary/aromatic N) is 4. The molecular weight excluding hydrogens is 428 g/mol. The predicted molar refractivity (Wildman–Crippen MR) is 112 cm³/mol. The second-order valence-electron chi connectivity index (χ2n) is 6.99. The van der Waals surface area contributed by atoms with E-state index in [2.05, 4.69) is 10.1 Å². The zero-order valence-corrected chi connectivity index (χ0v) is 17.9. The lowest BCUT2D eigenvalue weighted by atomic mass is 10.2. The number of hydrogen-bond donors (Lipinski definition) is 0. The van der Waals surface area contributed by atoms with Gasteiger partial charge in [-0.05, 0) is 54.4 Å². The Balaban J connectivity index is 1.53. The number of sulfonamides is 1. The maximum absolute atomic E-state index is 13.0. The van der Waals surface area contributed by atoms with Gasteiger partial charge in [0.2, 0.25) is 27.6 Å². The highest BCUT2D eigenvalue weighted by Gasteiger charge is 2.27. The number of carbonyl (C=O) groups excluding carboxylic acids is 1. The summed E-state index contributed by atoms with van der Waals surface area (Å²) in [6, 6.07) is 11.7. The van der Waals surface area contributed by atoms with Gasteiger partial charge >= 0.3 is 0 Å². The lowest BCUT2D eigenvalue weighted by molar-refractivity contribution is -0.116. The van der Waals surface area contributed by atoms with E-state index in [1.54, 1.807) is 41.3 Å². The third-order valence-electron chi connectivity index (χ3n) is 4.96. The Morgan fingerprint density at radius 3 is 2.67 bits per heavy atom. The van der Waals surface area contributed by atoms with Crippen molar-refractivity contribution in [3.05, 3.63) is 58.9 Å². The molecule has 0 fully saturated rings. The highest BCUT2D eigenvalue weighted by atomic mass is 35.5. The Morgan fingerprint density at radius 1 is 1.23 bits per heavy atom. The molecule has 0 radical (unpaired) electrons. The van der Waals surface area contributed by atoms with Crippen LogP contribution in [0.4, 0.5) is 5.69 Å². The van der Waals surface area contributed by atoms with Crippen LogP contribution in [0.5, 0.6) is 0 Å². The molecule has 1 aliphatic rings. The third kappa shape index (κ3) is 3.83. The van der Waals surface area contributed by atoms with E-state index in [9.17, 15) is 13.2 Å². The minimum atomic E-state index is -3.77. The van der Waals surface area contributed by atoms with Gasteiger partial charge in [-0.1, -0.05) is 16.8 Å². The molecule has 0 bridgehead atoms. The first-order chi connectivity index (χ1) is 14.3. The summed E-state index contributed by atoms with van der Waals surface area (Å²) >= 11 is 5.88. The fourth-order valence-corrected chi connectivity index (χ4v) is 4.65. The quantitative estimate of drug-likeness (QED) is 0.597. The molecule has 0 saturated carbocycles. The van der Waals surface area contributed by atoms with E-state index in [1.807, 2.05) is 0 Å². The monoisotopic (exact) mass is 446 g/mol. The third-order valence-corrected chi connectivity index (χ3v) is 7.01. The fourth-order valence-electron chi connectivity index (χ4n) is 3.36. The molecule has 2 heterocycles. The largest absolute Gasteiger partial charge is 0.338 e. The van der Waals surface area contributed by atoms with Crippen LogP contribution in [0.1, 0.15) is 18.4 Å². The van der Waals surface area contributed by atoms with Crippen molar-refractivity contribution in [1.82, 2.24) is 14.4 Å². The van der Waals surface area contributed by atoms with Crippen LogP contribution < -0.4 is 4.90 Å². The van der Waals surface area contributed by atoms with Crippen molar-refractivity contribution < 1.29 is 17.7 Å². The van der Waals surface area contributed by atoms with E-state index >= 15 is 0 Å². The van der Waals surface area contributed by atoms with Crippen LogP contribution in [-0.4, -0.2) is 42.4 Å². The standard InChI is InChI=1S/C20H19ClN4O4S/c1-13(26)25-10-9-15-11-17(7-8-18(15)25)30(27,28)24(2)12-19-22-20(23-29-19)14-3-5-16(21)6-4-14/h3-8,11H,9-10,12H2,1-2H3. The van der Waals surface area contributed by atoms with Crippen LogP contribution in [0, 0.1) is 0 Å². The van der Waals surface area contributed by atoms with Crippen LogP contribution in [0.2, 0.25) is 5.02 Å². The van der Waals surface area contributed by atoms with Crippen molar-refractivity contribution in [2.24, 2.45) is 0 Å². The Labute approximate surface area is 179 Å². The molecule has 0 aliphatic carbocycles. The molecule has 1 amide bonds. The maximum Gasteiger partial charge on any atom is 0.243 e. The summed E-state index contributed by atoms with van der Waals surface area (Å²) < 4.78 is 32.4. The molecule has 2 aromatic carbocycles. The Hall–Kier alpha value is -2.75. The fraction of sp³-hybridized carbons (Fsp3) is 0.250. The van der Waals surface area contributed by atoms with Gasteiger partial charge in [0.05, 0.1) is 11.4 Å². The smallest absolute Gasteiger partial charge is 0.243 e. The lowest BCUT2D eigenvalue weighted by Crippen LogP contribution is -2.27. The molecule has 30 heavy (non-hydrogen) atoms. The first-order valence-corrected chi connectivity index (χ1v) is 11.0. The van der Waals surface area contributed by atoms with Gasteiger partial charge < -0.3 is 9.42 Å². The number of amides is 1. The average Bonchev–Trinajstić information content (AvgIpc) is 3.35. The van der Waals surface area contributed by atoms with Gasteiger partial charge in [-0.25, -0.2) is 8.42 Å². The molecule has 0 spiro atoms. The molecule has 1 aromatic heterocycles. The number of anilines is 1. The van der Waals surface area contributed by atoms with Gasteiger partial charge in [-0.3, -0.25) is 4.79 Å². The van der Waals surface area contributed by atoms with Gasteiger partial charge in [0.15, 0.2) is 0 Å². The van der Waals surface area contributed by atoms with Crippen molar-refractivity contribution in [2.75, 3.05) is 18.5 Å². The van der Waals surface area contributed by atoms with E-state index in [-0.39, 0.29) is 23.2 Å². The molecule has 0 unspecified atom stereocenters. The zero-order chi connectivity index (χ0) is 21.5. The summed E-state index contributed by atoms with van der Waals surface area (Å²) in [6.07, 6.45) is 0.621. The normalized spacial score (nSPS) is 13.7. The van der Waals surface area contributed by atoms with E-state index in [1.165, 1.54) is 20.0 Å². The van der Waals surface area contributed by atoms with E-state index in [4.69, 9.17) is 16.1 Å². The van der Waals surface area contributed by atoms with Crippen LogP contribution in [-0.2, 0) is 27.8 Å². The van der Waals surface area contributed by atoms with Crippen LogP contribution >= 0.6 is 11.6 Å². The number of carbonyl (C=O) groups is 1. The Bertz CT molecular complexity index is 1210. The summed E-state index contributed by atoms with van der Waals surface area (Å²) in [5.41, 5.74) is 2.31. The number of rotatable bonds is 5. The minimum Gasteiger partial charge on any atom is -0.338 e. The molecule has 0 N–H and O–H groups in total. The van der Waals surface area contributed by atoms with E-state index < -0.39 is 10.0 Å². The van der Waals surface area contributed by atoms with Crippen molar-refractivity contribution in [3.8, 4) is 11.4 Å². The summed E-state index contributed by atoms with van der Waals surface area (Å²) in [6.45, 7) is 1.98. The molecule has 0 atom stereocenters. The summed E-state index contributed by atoms with van der Waals surface area (Å²) in [4.78, 5) is 17.8. The van der Waals surface area contributed by atoms with Gasteiger partial charge in [0, 0.05) is 36.8 Å². The highest BCUT2D eigenvalue weighted by molar-refractivity contribution is 7.89. The van der Waals surface area contributed by atoms with Gasteiger partial charge in [-0.2, -0.15) is 9.29 Å².